The van der Waals surface area contributed by atoms with Crippen molar-refractivity contribution in [2.45, 2.75) is 25.7 Å². The number of nitrogens with zero attached hydrogens (tertiary/aromatic N) is 6. The van der Waals surface area contributed by atoms with Crippen LogP contribution in [0.5, 0.6) is 0 Å². The highest BCUT2D eigenvalue weighted by Crippen LogP contribution is 2.43. The van der Waals surface area contributed by atoms with Crippen molar-refractivity contribution in [3.63, 3.8) is 0 Å². The molecule has 0 saturated carbocycles. The third-order valence-corrected chi connectivity index (χ3v) is 9.60. The summed E-state index contributed by atoms with van der Waals surface area (Å²) >= 11 is 0. The molecular weight excluding hydrogens is 628 g/mol. The van der Waals surface area contributed by atoms with Crippen LogP contribution in [0.3, 0.4) is 0 Å². The molecule has 0 unspecified atom stereocenters. The zero-order chi connectivity index (χ0) is 34.7. The average Bonchev–Trinajstić information content (AvgIpc) is 3.68. The number of alkyl halides is 2. The van der Waals surface area contributed by atoms with Gasteiger partial charge in [-0.15, -0.1) is 0 Å². The fourth-order valence-electron chi connectivity index (χ4n) is 6.82. The predicted molar refractivity (Wildman–Crippen MR) is 184 cm³/mol. The van der Waals surface area contributed by atoms with E-state index in [1.807, 2.05) is 29.2 Å². The van der Waals surface area contributed by atoms with Crippen LogP contribution in [0.2, 0.25) is 0 Å². The summed E-state index contributed by atoms with van der Waals surface area (Å²) in [6, 6.07) is 18.0. The molecule has 2 amide bonds. The average molecular weight is 667 g/mol. The standard InChI is InChI=1S/C36H37F2N9O2/c1-42-22-44-34(41)25-4-2-23(3-5-25)24-9-14-46(15-10-24)31(48)20-45-16-11-36(21-45)12-17-47(35(36)49)27-6-7-29(39)28(19-27)32(40)26-8-13-43-30(18-26)33(37)38/h2-9,13,18-19,33,40-41H,10-12,14-17,20-21,39H2,1H3/p+1/t36-/m0/s1. The van der Waals surface area contributed by atoms with Gasteiger partial charge in [0.15, 0.2) is 0 Å². The van der Waals surface area contributed by atoms with Crippen LogP contribution in [0.25, 0.3) is 5.57 Å². The zero-order valence-electron chi connectivity index (χ0n) is 27.2. The van der Waals surface area contributed by atoms with Gasteiger partial charge in [-0.1, -0.05) is 18.2 Å². The second kappa shape index (κ2) is 14.0. The SMILES string of the molecule is CN=C=NC(=[NH2+])c1ccc(C2=CCN(C(=O)CN3CC[C@]4(CCN(c5ccc(N)c(C(=N)c6ccnc(C(F)F)c6)c5)C4=O)C3)CC2)cc1. The first kappa shape index (κ1) is 33.5. The number of aromatic nitrogens is 1. The Bertz CT molecular complexity index is 1900. The molecule has 2 saturated heterocycles. The number of nitrogen functional groups attached to an aromatic ring is 1. The van der Waals surface area contributed by atoms with Gasteiger partial charge in [0, 0.05) is 66.9 Å². The fraction of sp³-hybridized carbons (Fsp3) is 0.333. The van der Waals surface area contributed by atoms with Gasteiger partial charge >= 0.3 is 5.84 Å². The van der Waals surface area contributed by atoms with Crippen molar-refractivity contribution >= 4 is 46.3 Å². The summed E-state index contributed by atoms with van der Waals surface area (Å²) in [7, 11) is 1.58. The van der Waals surface area contributed by atoms with Gasteiger partial charge in [0.25, 0.3) is 6.43 Å². The number of rotatable bonds is 8. The number of benzene rings is 2. The summed E-state index contributed by atoms with van der Waals surface area (Å²) in [6.07, 6.45) is 2.60. The molecule has 11 nitrogen and oxygen atoms in total. The molecule has 5 N–H and O–H groups in total. The molecule has 13 heteroatoms. The van der Waals surface area contributed by atoms with Gasteiger partial charge in [-0.05, 0) is 79.4 Å². The Labute approximate surface area is 282 Å². The molecule has 1 aromatic heterocycles. The Morgan fingerprint density at radius 2 is 1.88 bits per heavy atom. The zero-order valence-corrected chi connectivity index (χ0v) is 27.2. The second-order valence-corrected chi connectivity index (χ2v) is 12.6. The Kier molecular flexibility index (Phi) is 9.57. The van der Waals surface area contributed by atoms with E-state index in [1.54, 1.807) is 30.1 Å². The Hall–Kier alpha value is -5.39. The molecule has 252 valence electrons. The molecule has 1 atom stereocenters. The van der Waals surface area contributed by atoms with Gasteiger partial charge in [-0.25, -0.2) is 13.8 Å². The number of amides is 2. The summed E-state index contributed by atoms with van der Waals surface area (Å²) in [5.74, 6) is 0.361. The number of hydrogen-bond acceptors (Lipinski definition) is 7. The molecule has 3 aromatic rings. The van der Waals surface area contributed by atoms with E-state index in [-0.39, 0.29) is 29.6 Å². The summed E-state index contributed by atoms with van der Waals surface area (Å²) in [6.45, 7) is 3.01. The number of carbonyl (C=O) groups is 2. The molecule has 3 aliphatic rings. The van der Waals surface area contributed by atoms with Crippen LogP contribution < -0.4 is 16.0 Å². The molecule has 0 radical (unpaired) electrons. The molecule has 49 heavy (non-hydrogen) atoms. The number of aliphatic imine (C=N–C) groups is 2. The van der Waals surface area contributed by atoms with E-state index >= 15 is 0 Å². The third kappa shape index (κ3) is 6.94. The van der Waals surface area contributed by atoms with Gasteiger partial charge in [0.1, 0.15) is 5.69 Å². The number of pyridine rings is 1. The Morgan fingerprint density at radius 1 is 1.10 bits per heavy atom. The van der Waals surface area contributed by atoms with Gasteiger partial charge < -0.3 is 15.5 Å². The number of likely N-dealkylation sites (tertiary alicyclic amines) is 1. The van der Waals surface area contributed by atoms with Crippen LogP contribution in [0.1, 0.15) is 53.6 Å². The Morgan fingerprint density at radius 3 is 2.59 bits per heavy atom. The number of hydrogen-bond donors (Lipinski definition) is 3. The minimum atomic E-state index is -2.76. The second-order valence-electron chi connectivity index (χ2n) is 12.6. The van der Waals surface area contributed by atoms with E-state index < -0.39 is 17.5 Å². The van der Waals surface area contributed by atoms with Crippen molar-refractivity contribution in [3.8, 4) is 0 Å². The lowest BCUT2D eigenvalue weighted by Gasteiger charge is -2.29. The minimum absolute atomic E-state index is 0.0187. The summed E-state index contributed by atoms with van der Waals surface area (Å²) in [5, 5.41) is 14.7. The summed E-state index contributed by atoms with van der Waals surface area (Å²) < 4.78 is 26.5. The van der Waals surface area contributed by atoms with E-state index in [2.05, 4.69) is 32.0 Å². The number of nitrogens with one attached hydrogen (secondary N) is 1. The lowest BCUT2D eigenvalue weighted by molar-refractivity contribution is -0.132. The van der Waals surface area contributed by atoms with E-state index in [1.165, 1.54) is 23.9 Å². The van der Waals surface area contributed by atoms with E-state index in [4.69, 9.17) is 16.6 Å². The van der Waals surface area contributed by atoms with Gasteiger partial charge in [-0.3, -0.25) is 30.3 Å². The lowest BCUT2D eigenvalue weighted by atomic mass is 9.85. The number of halogens is 2. The van der Waals surface area contributed by atoms with Crippen molar-refractivity contribution in [2.24, 2.45) is 15.4 Å². The number of anilines is 2. The molecule has 2 aromatic carbocycles. The third-order valence-electron chi connectivity index (χ3n) is 9.60. The van der Waals surface area contributed by atoms with Crippen LogP contribution in [-0.2, 0) is 9.59 Å². The number of nitrogens with two attached hydrogens (primary N) is 2. The van der Waals surface area contributed by atoms with E-state index in [9.17, 15) is 18.4 Å². The first-order chi connectivity index (χ1) is 23.6. The van der Waals surface area contributed by atoms with Crippen molar-refractivity contribution in [2.75, 3.05) is 56.9 Å². The summed E-state index contributed by atoms with van der Waals surface area (Å²) in [4.78, 5) is 44.2. The predicted octanol–water partition coefficient (Wildman–Crippen LogP) is 3.07. The monoisotopic (exact) mass is 666 g/mol. The van der Waals surface area contributed by atoms with Gasteiger partial charge in [0.05, 0.1) is 23.2 Å². The highest BCUT2D eigenvalue weighted by molar-refractivity contribution is 6.15. The smallest absolute Gasteiger partial charge is 0.333 e. The normalized spacial score (nSPS) is 19.3. The molecule has 1 spiro atoms. The lowest BCUT2D eigenvalue weighted by Crippen LogP contribution is -2.43. The topological polar surface area (TPSA) is 157 Å². The quantitative estimate of drug-likeness (QED) is 0.191. The Balaban J connectivity index is 1.06. The van der Waals surface area contributed by atoms with Crippen molar-refractivity contribution < 1.29 is 23.8 Å². The molecule has 6 rings (SSSR count). The molecule has 3 aliphatic heterocycles. The van der Waals surface area contributed by atoms with Crippen LogP contribution >= 0.6 is 0 Å². The minimum Gasteiger partial charge on any atom is -0.398 e. The maximum absolute atomic E-state index is 13.9. The first-order valence-corrected chi connectivity index (χ1v) is 16.1. The van der Waals surface area contributed by atoms with Gasteiger partial charge in [0.2, 0.25) is 17.8 Å². The van der Waals surface area contributed by atoms with E-state index in [0.29, 0.717) is 68.3 Å². The number of amidine groups is 1. The van der Waals surface area contributed by atoms with Crippen molar-refractivity contribution in [1.82, 2.24) is 14.8 Å². The molecule has 0 bridgehead atoms. The van der Waals surface area contributed by atoms with Crippen molar-refractivity contribution in [1.29, 1.82) is 5.41 Å². The van der Waals surface area contributed by atoms with Crippen LogP contribution in [-0.4, -0.2) is 90.5 Å². The van der Waals surface area contributed by atoms with Gasteiger partial charge in [-0.2, -0.15) is 0 Å². The van der Waals surface area contributed by atoms with Crippen LogP contribution in [0.15, 0.2) is 76.9 Å². The molecule has 0 aliphatic carbocycles. The first-order valence-electron chi connectivity index (χ1n) is 16.1. The molecule has 2 fully saturated rings. The fourth-order valence-corrected chi connectivity index (χ4v) is 6.82. The maximum Gasteiger partial charge on any atom is 0.333 e. The van der Waals surface area contributed by atoms with Crippen molar-refractivity contribution in [3.05, 3.63) is 94.8 Å². The van der Waals surface area contributed by atoms with Crippen LogP contribution in [0.4, 0.5) is 20.2 Å². The highest BCUT2D eigenvalue weighted by atomic mass is 19.3. The molecule has 4 heterocycles. The highest BCUT2D eigenvalue weighted by Gasteiger charge is 2.51. The number of carbonyl (C=O) groups excluding carboxylic acids is 2. The van der Waals surface area contributed by atoms with E-state index in [0.717, 1.165) is 17.5 Å². The largest absolute Gasteiger partial charge is 0.398 e. The summed E-state index contributed by atoms with van der Waals surface area (Å²) in [5.41, 5.74) is 9.70. The maximum atomic E-state index is 13.9. The molecular formula is C36H38F2N9O2+. The van der Waals surface area contributed by atoms with Crippen LogP contribution in [0, 0.1) is 10.8 Å².